The number of halogens is 1. The first-order valence-corrected chi connectivity index (χ1v) is 6.82. The summed E-state index contributed by atoms with van der Waals surface area (Å²) in [5.74, 6) is 6.65. The molecule has 0 heterocycles. The molecule has 2 N–H and O–H groups in total. The van der Waals surface area contributed by atoms with Gasteiger partial charge in [-0.15, -0.1) is 0 Å². The third kappa shape index (κ3) is 4.31. The molecule has 2 nitrogen and oxygen atoms in total. The number of hydrogen-bond donors (Lipinski definition) is 1. The molecular weight excluding hydrogens is 270 g/mol. The SMILES string of the molecule is NCCc1ccc(OCC#Cc2ccccc2)c(Cl)c1. The molecule has 102 valence electrons. The number of rotatable bonds is 4. The van der Waals surface area contributed by atoms with Crippen LogP contribution in [0.3, 0.4) is 0 Å². The van der Waals surface area contributed by atoms with E-state index in [-0.39, 0.29) is 0 Å². The van der Waals surface area contributed by atoms with E-state index in [1.165, 1.54) is 0 Å². The summed E-state index contributed by atoms with van der Waals surface area (Å²) in [6, 6.07) is 15.5. The van der Waals surface area contributed by atoms with Gasteiger partial charge in [-0.3, -0.25) is 0 Å². The molecule has 0 fully saturated rings. The first-order chi connectivity index (χ1) is 9.79. The molecule has 0 atom stereocenters. The number of nitrogens with two attached hydrogens (primary N) is 1. The van der Waals surface area contributed by atoms with E-state index in [0.717, 1.165) is 17.5 Å². The van der Waals surface area contributed by atoms with Crippen LogP contribution in [0.5, 0.6) is 5.75 Å². The largest absolute Gasteiger partial charge is 0.479 e. The zero-order valence-electron chi connectivity index (χ0n) is 11.1. The Morgan fingerprint density at radius 2 is 1.90 bits per heavy atom. The van der Waals surface area contributed by atoms with Gasteiger partial charge < -0.3 is 10.5 Å². The molecule has 20 heavy (non-hydrogen) atoms. The van der Waals surface area contributed by atoms with E-state index in [0.29, 0.717) is 23.9 Å². The van der Waals surface area contributed by atoms with Crippen molar-refractivity contribution in [2.24, 2.45) is 5.73 Å². The Balaban J connectivity index is 1.93. The molecule has 0 spiro atoms. The standard InChI is InChI=1S/C17H16ClNO/c18-16-13-15(10-11-19)8-9-17(16)20-12-4-7-14-5-2-1-3-6-14/h1-3,5-6,8-9,13H,10-12,19H2. The van der Waals surface area contributed by atoms with Crippen molar-refractivity contribution in [3.05, 3.63) is 64.7 Å². The zero-order chi connectivity index (χ0) is 14.2. The first kappa shape index (κ1) is 14.5. The highest BCUT2D eigenvalue weighted by atomic mass is 35.5. The Bertz CT molecular complexity index is 614. The minimum absolute atomic E-state index is 0.310. The Kier molecular flexibility index (Phi) is 5.49. The van der Waals surface area contributed by atoms with E-state index in [4.69, 9.17) is 22.1 Å². The normalized spacial score (nSPS) is 9.70. The molecule has 2 rings (SSSR count). The highest BCUT2D eigenvalue weighted by molar-refractivity contribution is 6.32. The summed E-state index contributed by atoms with van der Waals surface area (Å²) in [6.45, 7) is 0.921. The second-order valence-electron chi connectivity index (χ2n) is 4.26. The van der Waals surface area contributed by atoms with Crippen molar-refractivity contribution in [2.75, 3.05) is 13.2 Å². The molecule has 2 aromatic rings. The zero-order valence-corrected chi connectivity index (χ0v) is 11.9. The van der Waals surface area contributed by atoms with E-state index < -0.39 is 0 Å². The van der Waals surface area contributed by atoms with E-state index in [2.05, 4.69) is 11.8 Å². The van der Waals surface area contributed by atoms with E-state index in [1.54, 1.807) is 0 Å². The highest BCUT2D eigenvalue weighted by Crippen LogP contribution is 2.25. The summed E-state index contributed by atoms with van der Waals surface area (Å²) in [5, 5.41) is 0.595. The maximum absolute atomic E-state index is 6.15. The molecule has 0 radical (unpaired) electrons. The van der Waals surface area contributed by atoms with Gasteiger partial charge in [0.15, 0.2) is 0 Å². The van der Waals surface area contributed by atoms with Crippen LogP contribution in [0.1, 0.15) is 11.1 Å². The fourth-order valence-electron chi connectivity index (χ4n) is 1.76. The third-order valence-corrected chi connectivity index (χ3v) is 3.03. The lowest BCUT2D eigenvalue weighted by molar-refractivity contribution is 0.370. The molecule has 0 saturated heterocycles. The minimum atomic E-state index is 0.310. The molecule has 2 aromatic carbocycles. The second-order valence-corrected chi connectivity index (χ2v) is 4.67. The lowest BCUT2D eigenvalue weighted by Crippen LogP contribution is -2.03. The predicted molar refractivity (Wildman–Crippen MR) is 83.0 cm³/mol. The van der Waals surface area contributed by atoms with Crippen molar-refractivity contribution in [3.63, 3.8) is 0 Å². The fraction of sp³-hybridized carbons (Fsp3) is 0.176. The maximum Gasteiger partial charge on any atom is 0.149 e. The number of ether oxygens (including phenoxy) is 1. The van der Waals surface area contributed by atoms with Crippen LogP contribution >= 0.6 is 11.6 Å². The van der Waals surface area contributed by atoms with Gasteiger partial charge in [0, 0.05) is 5.56 Å². The van der Waals surface area contributed by atoms with E-state index in [9.17, 15) is 0 Å². The summed E-state index contributed by atoms with van der Waals surface area (Å²) in [7, 11) is 0. The van der Waals surface area contributed by atoms with Crippen LogP contribution in [0.2, 0.25) is 5.02 Å². The lowest BCUT2D eigenvalue weighted by atomic mass is 10.1. The van der Waals surface area contributed by atoms with Crippen LogP contribution in [0.4, 0.5) is 0 Å². The van der Waals surface area contributed by atoms with Crippen LogP contribution in [0.25, 0.3) is 0 Å². The van der Waals surface area contributed by atoms with Gasteiger partial charge in [-0.05, 0) is 42.8 Å². The summed E-state index contributed by atoms with van der Waals surface area (Å²) in [6.07, 6.45) is 0.813. The van der Waals surface area contributed by atoms with E-state index in [1.807, 2.05) is 48.5 Å². The monoisotopic (exact) mass is 285 g/mol. The van der Waals surface area contributed by atoms with Crippen LogP contribution in [-0.2, 0) is 6.42 Å². The Morgan fingerprint density at radius 1 is 1.10 bits per heavy atom. The Morgan fingerprint density at radius 3 is 2.60 bits per heavy atom. The molecule has 0 aliphatic carbocycles. The van der Waals surface area contributed by atoms with Crippen molar-refractivity contribution in [1.82, 2.24) is 0 Å². The quantitative estimate of drug-likeness (QED) is 0.875. The smallest absolute Gasteiger partial charge is 0.149 e. The van der Waals surface area contributed by atoms with Gasteiger partial charge in [-0.25, -0.2) is 0 Å². The van der Waals surface area contributed by atoms with Gasteiger partial charge in [0.1, 0.15) is 12.4 Å². The molecule has 0 saturated carbocycles. The second kappa shape index (κ2) is 7.59. The van der Waals surface area contributed by atoms with Gasteiger partial charge in [-0.2, -0.15) is 0 Å². The first-order valence-electron chi connectivity index (χ1n) is 6.45. The average Bonchev–Trinajstić information content (AvgIpc) is 2.47. The number of hydrogen-bond acceptors (Lipinski definition) is 2. The van der Waals surface area contributed by atoms with Crippen LogP contribution in [0.15, 0.2) is 48.5 Å². The van der Waals surface area contributed by atoms with Gasteiger partial charge in [0.25, 0.3) is 0 Å². The maximum atomic E-state index is 6.15. The van der Waals surface area contributed by atoms with Crippen LogP contribution in [0, 0.1) is 11.8 Å². The van der Waals surface area contributed by atoms with Crippen molar-refractivity contribution in [2.45, 2.75) is 6.42 Å². The Labute approximate surface area is 124 Å². The summed E-state index contributed by atoms with van der Waals surface area (Å²) in [5.41, 5.74) is 7.59. The predicted octanol–water partition coefficient (Wildman–Crippen LogP) is 3.27. The van der Waals surface area contributed by atoms with Gasteiger partial charge in [0.05, 0.1) is 5.02 Å². The number of benzene rings is 2. The summed E-state index contributed by atoms with van der Waals surface area (Å²) < 4.78 is 5.55. The summed E-state index contributed by atoms with van der Waals surface area (Å²) in [4.78, 5) is 0. The molecule has 0 aliphatic heterocycles. The fourth-order valence-corrected chi connectivity index (χ4v) is 2.01. The molecule has 0 amide bonds. The lowest BCUT2D eigenvalue weighted by Gasteiger charge is -2.06. The van der Waals surface area contributed by atoms with Gasteiger partial charge in [0.2, 0.25) is 0 Å². The minimum Gasteiger partial charge on any atom is -0.479 e. The molecule has 0 bridgehead atoms. The van der Waals surface area contributed by atoms with Crippen molar-refractivity contribution < 1.29 is 4.74 Å². The van der Waals surface area contributed by atoms with Crippen LogP contribution in [-0.4, -0.2) is 13.2 Å². The van der Waals surface area contributed by atoms with Crippen molar-refractivity contribution >= 4 is 11.6 Å². The van der Waals surface area contributed by atoms with Crippen molar-refractivity contribution in [1.29, 1.82) is 0 Å². The molecule has 0 unspecified atom stereocenters. The molecule has 0 aromatic heterocycles. The molecular formula is C17H16ClNO. The molecule has 3 heteroatoms. The topological polar surface area (TPSA) is 35.2 Å². The highest BCUT2D eigenvalue weighted by Gasteiger charge is 2.02. The van der Waals surface area contributed by atoms with Crippen molar-refractivity contribution in [3.8, 4) is 17.6 Å². The van der Waals surface area contributed by atoms with Crippen LogP contribution < -0.4 is 10.5 Å². The average molecular weight is 286 g/mol. The van der Waals surface area contributed by atoms with Gasteiger partial charge >= 0.3 is 0 Å². The summed E-state index contributed by atoms with van der Waals surface area (Å²) >= 11 is 6.15. The Hall–Kier alpha value is -1.95. The van der Waals surface area contributed by atoms with Gasteiger partial charge in [-0.1, -0.05) is 47.7 Å². The van der Waals surface area contributed by atoms with E-state index >= 15 is 0 Å². The molecule has 0 aliphatic rings. The third-order valence-electron chi connectivity index (χ3n) is 2.74.